The van der Waals surface area contributed by atoms with Crippen molar-refractivity contribution in [2.24, 2.45) is 5.14 Å². The number of aryl methyl sites for hydroxylation is 1. The molecular weight excluding hydrogens is 330 g/mol. The van der Waals surface area contributed by atoms with Crippen LogP contribution in [0.3, 0.4) is 0 Å². The summed E-state index contributed by atoms with van der Waals surface area (Å²) < 4.78 is 23.4. The van der Waals surface area contributed by atoms with Gasteiger partial charge >= 0.3 is 0 Å². The van der Waals surface area contributed by atoms with Crippen molar-refractivity contribution in [1.82, 2.24) is 15.5 Å². The smallest absolute Gasteiger partial charge is 0.276 e. The molecular formula is C15H19N5O3S. The maximum atomic E-state index is 12.5. The summed E-state index contributed by atoms with van der Waals surface area (Å²) in [6.07, 6.45) is 1.31. The van der Waals surface area contributed by atoms with E-state index in [0.717, 1.165) is 24.2 Å². The Hall–Kier alpha value is -2.23. The quantitative estimate of drug-likeness (QED) is 0.639. The van der Waals surface area contributed by atoms with Gasteiger partial charge in [-0.3, -0.25) is 9.89 Å². The first-order valence-electron chi connectivity index (χ1n) is 7.64. The fourth-order valence-corrected chi connectivity index (χ4v) is 3.66. The van der Waals surface area contributed by atoms with Crippen LogP contribution in [-0.2, 0) is 29.4 Å². The highest BCUT2D eigenvalue weighted by molar-refractivity contribution is 7.89. The van der Waals surface area contributed by atoms with Crippen LogP contribution in [-0.4, -0.2) is 31.1 Å². The summed E-state index contributed by atoms with van der Waals surface area (Å²) in [5.41, 5.74) is 3.08. The molecule has 0 aliphatic carbocycles. The standard InChI is InChI=1S/C15H19N5O3S/c1-2-9-3-4-10(7-13(9)24(16,22)23)18-15(21)14-11-8-17-6-5-12(11)19-20-14/h3-4,7,17H,2,5-6,8H2,1H3,(H,18,21)(H,19,20)(H2,16,22,23). The SMILES string of the molecule is CCc1ccc(NC(=O)c2n[nH]c3c2CNCC3)cc1S(N)(=O)=O. The number of aromatic amines is 1. The molecule has 1 amide bonds. The average Bonchev–Trinajstić information content (AvgIpc) is 2.98. The first kappa shape index (κ1) is 16.6. The lowest BCUT2D eigenvalue weighted by Crippen LogP contribution is -2.25. The molecule has 5 N–H and O–H groups in total. The molecule has 1 aromatic carbocycles. The second-order valence-electron chi connectivity index (χ2n) is 5.63. The molecule has 1 aromatic heterocycles. The van der Waals surface area contributed by atoms with Crippen molar-refractivity contribution in [3.8, 4) is 0 Å². The third-order valence-electron chi connectivity index (χ3n) is 4.03. The molecule has 3 rings (SSSR count). The van der Waals surface area contributed by atoms with Crippen LogP contribution in [0.1, 0.15) is 34.2 Å². The Kier molecular flexibility index (Phi) is 4.39. The van der Waals surface area contributed by atoms with Gasteiger partial charge in [0.25, 0.3) is 5.91 Å². The third-order valence-corrected chi connectivity index (χ3v) is 5.03. The molecule has 2 aromatic rings. The summed E-state index contributed by atoms with van der Waals surface area (Å²) in [6, 6.07) is 4.68. The largest absolute Gasteiger partial charge is 0.321 e. The van der Waals surface area contributed by atoms with Crippen molar-refractivity contribution in [3.05, 3.63) is 40.7 Å². The first-order chi connectivity index (χ1) is 11.4. The summed E-state index contributed by atoms with van der Waals surface area (Å²) in [7, 11) is -3.86. The van der Waals surface area contributed by atoms with Gasteiger partial charge in [-0.1, -0.05) is 13.0 Å². The fourth-order valence-electron chi connectivity index (χ4n) is 2.79. The zero-order chi connectivity index (χ0) is 17.3. The number of amides is 1. The number of nitrogens with zero attached hydrogens (tertiary/aromatic N) is 1. The average molecular weight is 349 g/mol. The number of rotatable bonds is 4. The van der Waals surface area contributed by atoms with E-state index in [2.05, 4.69) is 20.8 Å². The lowest BCUT2D eigenvalue weighted by Gasteiger charge is -2.13. The van der Waals surface area contributed by atoms with E-state index in [-0.39, 0.29) is 10.8 Å². The highest BCUT2D eigenvalue weighted by Crippen LogP contribution is 2.22. The van der Waals surface area contributed by atoms with Gasteiger partial charge in [-0.15, -0.1) is 0 Å². The Balaban J connectivity index is 1.89. The van der Waals surface area contributed by atoms with Gasteiger partial charge < -0.3 is 10.6 Å². The van der Waals surface area contributed by atoms with Crippen LogP contribution in [0.4, 0.5) is 5.69 Å². The van der Waals surface area contributed by atoms with E-state index in [9.17, 15) is 13.2 Å². The summed E-state index contributed by atoms with van der Waals surface area (Å²) in [5, 5.41) is 18.1. The summed E-state index contributed by atoms with van der Waals surface area (Å²) in [4.78, 5) is 12.5. The van der Waals surface area contributed by atoms with E-state index >= 15 is 0 Å². The van der Waals surface area contributed by atoms with E-state index in [4.69, 9.17) is 5.14 Å². The van der Waals surface area contributed by atoms with Gasteiger partial charge in [0.1, 0.15) is 0 Å². The van der Waals surface area contributed by atoms with Crippen LogP contribution in [0.5, 0.6) is 0 Å². The number of fused-ring (bicyclic) bond motifs is 1. The van der Waals surface area contributed by atoms with Crippen molar-refractivity contribution in [2.45, 2.75) is 31.2 Å². The fraction of sp³-hybridized carbons (Fsp3) is 0.333. The van der Waals surface area contributed by atoms with Gasteiger partial charge in [0, 0.05) is 36.5 Å². The van der Waals surface area contributed by atoms with Crippen molar-refractivity contribution in [3.63, 3.8) is 0 Å². The number of carbonyl (C=O) groups is 1. The first-order valence-corrected chi connectivity index (χ1v) is 9.18. The van der Waals surface area contributed by atoms with Crippen molar-refractivity contribution >= 4 is 21.6 Å². The van der Waals surface area contributed by atoms with Gasteiger partial charge in [-0.05, 0) is 24.1 Å². The molecule has 9 heteroatoms. The molecule has 0 atom stereocenters. The van der Waals surface area contributed by atoms with Crippen LogP contribution in [0, 0.1) is 0 Å². The maximum Gasteiger partial charge on any atom is 0.276 e. The summed E-state index contributed by atoms with van der Waals surface area (Å²) >= 11 is 0. The summed E-state index contributed by atoms with van der Waals surface area (Å²) in [6.45, 7) is 3.25. The molecule has 0 spiro atoms. The Morgan fingerprint density at radius 3 is 2.92 bits per heavy atom. The molecule has 0 saturated carbocycles. The minimum atomic E-state index is -3.86. The van der Waals surface area contributed by atoms with Crippen molar-refractivity contribution in [1.29, 1.82) is 0 Å². The Bertz CT molecular complexity index is 889. The van der Waals surface area contributed by atoms with Crippen LogP contribution in [0.15, 0.2) is 23.1 Å². The van der Waals surface area contributed by atoms with E-state index in [0.29, 0.717) is 29.9 Å². The molecule has 0 unspecified atom stereocenters. The van der Waals surface area contributed by atoms with Gasteiger partial charge in [-0.2, -0.15) is 5.10 Å². The van der Waals surface area contributed by atoms with Gasteiger partial charge in [0.15, 0.2) is 5.69 Å². The van der Waals surface area contributed by atoms with Crippen LogP contribution < -0.4 is 15.8 Å². The number of aromatic nitrogens is 2. The number of primary sulfonamides is 1. The van der Waals surface area contributed by atoms with E-state index < -0.39 is 10.0 Å². The van der Waals surface area contributed by atoms with Gasteiger partial charge in [-0.25, -0.2) is 13.6 Å². The molecule has 8 nitrogen and oxygen atoms in total. The van der Waals surface area contributed by atoms with Crippen molar-refractivity contribution in [2.75, 3.05) is 11.9 Å². The van der Waals surface area contributed by atoms with Crippen molar-refractivity contribution < 1.29 is 13.2 Å². The second kappa shape index (κ2) is 6.34. The lowest BCUT2D eigenvalue weighted by molar-refractivity contribution is 0.102. The second-order valence-corrected chi connectivity index (χ2v) is 7.16. The third kappa shape index (κ3) is 3.18. The van der Waals surface area contributed by atoms with Gasteiger partial charge in [0.2, 0.25) is 10.0 Å². The Labute approximate surface area is 139 Å². The molecule has 1 aliphatic rings. The molecule has 0 bridgehead atoms. The predicted molar refractivity (Wildman–Crippen MR) is 89.1 cm³/mol. The highest BCUT2D eigenvalue weighted by atomic mass is 32.2. The lowest BCUT2D eigenvalue weighted by atomic mass is 10.1. The van der Waals surface area contributed by atoms with E-state index in [1.165, 1.54) is 6.07 Å². The molecule has 2 heterocycles. The maximum absolute atomic E-state index is 12.5. The highest BCUT2D eigenvalue weighted by Gasteiger charge is 2.22. The normalized spacial score (nSPS) is 14.2. The Morgan fingerprint density at radius 2 is 2.21 bits per heavy atom. The predicted octanol–water partition coefficient (Wildman–Crippen LogP) is 0.518. The molecule has 0 fully saturated rings. The van der Waals surface area contributed by atoms with Gasteiger partial charge in [0.05, 0.1) is 4.90 Å². The number of benzene rings is 1. The van der Waals surface area contributed by atoms with Crippen LogP contribution >= 0.6 is 0 Å². The van der Waals surface area contributed by atoms with Crippen LogP contribution in [0.25, 0.3) is 0 Å². The summed E-state index contributed by atoms with van der Waals surface area (Å²) in [5.74, 6) is -0.388. The topological polar surface area (TPSA) is 130 Å². The van der Waals surface area contributed by atoms with Crippen LogP contribution in [0.2, 0.25) is 0 Å². The number of sulfonamides is 1. The number of H-pyrrole nitrogens is 1. The minimum absolute atomic E-state index is 0.0218. The molecule has 0 saturated heterocycles. The molecule has 128 valence electrons. The van der Waals surface area contributed by atoms with E-state index in [1.807, 2.05) is 6.92 Å². The number of anilines is 1. The zero-order valence-corrected chi connectivity index (χ0v) is 14.0. The Morgan fingerprint density at radius 1 is 1.42 bits per heavy atom. The number of nitrogens with one attached hydrogen (secondary N) is 3. The minimum Gasteiger partial charge on any atom is -0.321 e. The number of carbonyl (C=O) groups excluding carboxylic acids is 1. The zero-order valence-electron chi connectivity index (χ0n) is 13.2. The molecule has 24 heavy (non-hydrogen) atoms. The molecule has 1 aliphatic heterocycles. The molecule has 0 radical (unpaired) electrons. The monoisotopic (exact) mass is 349 g/mol. The number of hydrogen-bond donors (Lipinski definition) is 4. The number of nitrogens with two attached hydrogens (primary N) is 1. The number of hydrogen-bond acceptors (Lipinski definition) is 5. The van der Waals surface area contributed by atoms with E-state index in [1.54, 1.807) is 12.1 Å².